The van der Waals surface area contributed by atoms with Crippen LogP contribution >= 0.6 is 23.2 Å². The monoisotopic (exact) mass is 222 g/mol. The van der Waals surface area contributed by atoms with Crippen molar-refractivity contribution in [3.63, 3.8) is 0 Å². The molecule has 0 N–H and O–H groups in total. The van der Waals surface area contributed by atoms with E-state index in [1.54, 1.807) is 0 Å². The van der Waals surface area contributed by atoms with Crippen LogP contribution in [0.15, 0.2) is 0 Å². The molecule has 76 valence electrons. The fourth-order valence-electron chi connectivity index (χ4n) is 1.69. The zero-order chi connectivity index (χ0) is 9.90. The highest BCUT2D eigenvalue weighted by molar-refractivity contribution is 6.60. The van der Waals surface area contributed by atoms with Crippen LogP contribution in [0.5, 0.6) is 0 Å². The highest BCUT2D eigenvalue weighted by Gasteiger charge is 2.51. The Morgan fingerprint density at radius 3 is 2.54 bits per heavy atom. The van der Waals surface area contributed by atoms with Gasteiger partial charge in [0.25, 0.3) is 0 Å². The lowest BCUT2D eigenvalue weighted by Gasteiger charge is -2.37. The van der Waals surface area contributed by atoms with Gasteiger partial charge in [0, 0.05) is 12.3 Å². The maximum absolute atomic E-state index is 11.0. The maximum atomic E-state index is 11.0. The van der Waals surface area contributed by atoms with Crippen LogP contribution in [0.2, 0.25) is 0 Å². The zero-order valence-corrected chi connectivity index (χ0v) is 9.50. The summed E-state index contributed by atoms with van der Waals surface area (Å²) in [5.74, 6) is 0.205. The molecule has 1 nitrogen and oxygen atoms in total. The first-order chi connectivity index (χ1) is 6.09. The molecule has 0 aliphatic heterocycles. The molecule has 0 aromatic carbocycles. The quantitative estimate of drug-likeness (QED) is 0.512. The molecule has 1 saturated carbocycles. The number of halogens is 2. The second kappa shape index (κ2) is 4.65. The van der Waals surface area contributed by atoms with Crippen molar-refractivity contribution in [2.24, 2.45) is 5.92 Å². The Hall–Kier alpha value is 0.250. The van der Waals surface area contributed by atoms with Crippen LogP contribution in [0.25, 0.3) is 0 Å². The van der Waals surface area contributed by atoms with Crippen molar-refractivity contribution in [3.8, 4) is 0 Å². The predicted octanol–water partition coefficient (Wildman–Crippen LogP) is 3.72. The first kappa shape index (κ1) is 11.3. The van der Waals surface area contributed by atoms with E-state index in [1.807, 2.05) is 0 Å². The van der Waals surface area contributed by atoms with E-state index < -0.39 is 4.33 Å². The van der Waals surface area contributed by atoms with Gasteiger partial charge in [0.05, 0.1) is 0 Å². The van der Waals surface area contributed by atoms with Crippen molar-refractivity contribution in [1.82, 2.24) is 0 Å². The van der Waals surface area contributed by atoms with Crippen LogP contribution in [0.3, 0.4) is 0 Å². The smallest absolute Gasteiger partial charge is 0.179 e. The molecular formula is C10H16Cl2O. The Kier molecular flexibility index (Phi) is 4.06. The molecule has 0 heterocycles. The summed E-state index contributed by atoms with van der Waals surface area (Å²) in [4.78, 5) is 11.0. The number of hydrogen-bond donors (Lipinski definition) is 0. The van der Waals surface area contributed by atoms with Gasteiger partial charge in [-0.1, -0.05) is 55.8 Å². The fraction of sp³-hybridized carbons (Fsp3) is 0.900. The number of unbranched alkanes of at least 4 members (excludes halogenated alkanes) is 3. The SMILES string of the molecule is CCCCCC[C@@H]1CC(=O)C1(Cl)Cl. The van der Waals surface area contributed by atoms with E-state index >= 15 is 0 Å². The minimum atomic E-state index is -1.05. The average Bonchev–Trinajstić information content (AvgIpc) is 2.10. The van der Waals surface area contributed by atoms with Crippen LogP contribution in [-0.4, -0.2) is 10.1 Å². The molecule has 0 unspecified atom stereocenters. The summed E-state index contributed by atoms with van der Waals surface area (Å²) in [5, 5.41) is 0. The molecule has 0 amide bonds. The summed E-state index contributed by atoms with van der Waals surface area (Å²) in [6.45, 7) is 2.18. The normalized spacial score (nSPS) is 25.8. The minimum Gasteiger partial charge on any atom is -0.296 e. The van der Waals surface area contributed by atoms with Gasteiger partial charge in [-0.15, -0.1) is 0 Å². The number of rotatable bonds is 5. The topological polar surface area (TPSA) is 17.1 Å². The van der Waals surface area contributed by atoms with Crippen LogP contribution < -0.4 is 0 Å². The van der Waals surface area contributed by atoms with Gasteiger partial charge >= 0.3 is 0 Å². The van der Waals surface area contributed by atoms with Gasteiger partial charge in [-0.05, 0) is 6.42 Å². The van der Waals surface area contributed by atoms with E-state index in [9.17, 15) is 4.79 Å². The maximum Gasteiger partial charge on any atom is 0.179 e. The third-order valence-corrected chi connectivity index (χ3v) is 3.76. The molecule has 3 heteroatoms. The lowest BCUT2D eigenvalue weighted by atomic mass is 9.79. The van der Waals surface area contributed by atoms with Crippen molar-refractivity contribution in [2.45, 2.75) is 49.8 Å². The van der Waals surface area contributed by atoms with Gasteiger partial charge in [-0.2, -0.15) is 0 Å². The second-order valence-electron chi connectivity index (χ2n) is 3.80. The zero-order valence-electron chi connectivity index (χ0n) is 7.98. The number of carbonyl (C=O) groups is 1. The van der Waals surface area contributed by atoms with Crippen molar-refractivity contribution >= 4 is 29.0 Å². The van der Waals surface area contributed by atoms with Gasteiger partial charge < -0.3 is 0 Å². The molecule has 0 saturated heterocycles. The van der Waals surface area contributed by atoms with Crippen molar-refractivity contribution in [3.05, 3.63) is 0 Å². The summed E-state index contributed by atoms with van der Waals surface area (Å²) in [5.41, 5.74) is 0. The third kappa shape index (κ3) is 2.60. The molecule has 1 fully saturated rings. The Bertz CT molecular complexity index is 189. The van der Waals surface area contributed by atoms with E-state index in [-0.39, 0.29) is 11.7 Å². The molecule has 1 rings (SSSR count). The Labute approximate surface area is 89.8 Å². The summed E-state index contributed by atoms with van der Waals surface area (Å²) in [6.07, 6.45) is 6.45. The first-order valence-corrected chi connectivity index (χ1v) is 5.75. The molecule has 1 aliphatic carbocycles. The van der Waals surface area contributed by atoms with Gasteiger partial charge in [0.1, 0.15) is 0 Å². The highest BCUT2D eigenvalue weighted by Crippen LogP contribution is 2.46. The van der Waals surface area contributed by atoms with Crippen LogP contribution in [0.1, 0.15) is 45.4 Å². The van der Waals surface area contributed by atoms with Gasteiger partial charge in [-0.25, -0.2) is 0 Å². The summed E-state index contributed by atoms with van der Waals surface area (Å²) in [6, 6.07) is 0. The minimum absolute atomic E-state index is 0.00340. The summed E-state index contributed by atoms with van der Waals surface area (Å²) >= 11 is 11.7. The van der Waals surface area contributed by atoms with Crippen molar-refractivity contribution in [2.75, 3.05) is 0 Å². The van der Waals surface area contributed by atoms with Crippen LogP contribution in [-0.2, 0) is 4.79 Å². The Morgan fingerprint density at radius 1 is 1.38 bits per heavy atom. The Balaban J connectivity index is 2.14. The van der Waals surface area contributed by atoms with Crippen LogP contribution in [0, 0.1) is 5.92 Å². The lowest BCUT2D eigenvalue weighted by molar-refractivity contribution is -0.128. The number of Topliss-reactive ketones (excluding diaryl/α,β-unsaturated/α-hetero) is 1. The molecule has 1 aliphatic rings. The van der Waals surface area contributed by atoms with E-state index in [1.165, 1.54) is 19.3 Å². The molecule has 0 radical (unpaired) electrons. The molecular weight excluding hydrogens is 207 g/mol. The van der Waals surface area contributed by atoms with E-state index in [0.717, 1.165) is 12.8 Å². The Morgan fingerprint density at radius 2 is 2.08 bits per heavy atom. The van der Waals surface area contributed by atoms with Gasteiger partial charge in [-0.3, -0.25) is 4.79 Å². The largest absolute Gasteiger partial charge is 0.296 e. The number of alkyl halides is 2. The van der Waals surface area contributed by atoms with Gasteiger partial charge in [0.2, 0.25) is 0 Å². The molecule has 0 spiro atoms. The third-order valence-electron chi connectivity index (χ3n) is 2.72. The molecule has 0 bridgehead atoms. The lowest BCUT2D eigenvalue weighted by Crippen LogP contribution is -2.47. The van der Waals surface area contributed by atoms with E-state index in [4.69, 9.17) is 23.2 Å². The molecule has 0 aromatic heterocycles. The molecule has 1 atom stereocenters. The highest BCUT2D eigenvalue weighted by atomic mass is 35.5. The number of hydrogen-bond acceptors (Lipinski definition) is 1. The first-order valence-electron chi connectivity index (χ1n) is 5.00. The van der Waals surface area contributed by atoms with Crippen molar-refractivity contribution in [1.29, 1.82) is 0 Å². The fourth-order valence-corrected chi connectivity index (χ4v) is 2.21. The summed E-state index contributed by atoms with van der Waals surface area (Å²) in [7, 11) is 0. The molecule has 0 aromatic rings. The standard InChI is InChI=1S/C10H16Cl2O/c1-2-3-4-5-6-8-7-9(13)10(8,11)12/h8H,2-7H2,1H3/t8-/m1/s1. The van der Waals surface area contributed by atoms with E-state index in [2.05, 4.69) is 6.92 Å². The predicted molar refractivity (Wildman–Crippen MR) is 56.3 cm³/mol. The van der Waals surface area contributed by atoms with Gasteiger partial charge in [0.15, 0.2) is 10.1 Å². The second-order valence-corrected chi connectivity index (χ2v) is 5.18. The summed E-state index contributed by atoms with van der Waals surface area (Å²) < 4.78 is -1.05. The van der Waals surface area contributed by atoms with Crippen molar-refractivity contribution < 1.29 is 4.79 Å². The number of ketones is 1. The number of carbonyl (C=O) groups excluding carboxylic acids is 1. The average molecular weight is 223 g/mol. The molecule has 13 heavy (non-hydrogen) atoms. The van der Waals surface area contributed by atoms with Crippen LogP contribution in [0.4, 0.5) is 0 Å². The van der Waals surface area contributed by atoms with E-state index in [0.29, 0.717) is 6.42 Å².